The summed E-state index contributed by atoms with van der Waals surface area (Å²) in [4.78, 5) is 26.5. The van der Waals surface area contributed by atoms with Gasteiger partial charge in [-0.25, -0.2) is 9.48 Å². The number of amides is 1. The molecule has 1 fully saturated rings. The summed E-state index contributed by atoms with van der Waals surface area (Å²) in [6, 6.07) is 21.1. The lowest BCUT2D eigenvalue weighted by atomic mass is 10.1. The molecule has 3 heterocycles. The van der Waals surface area contributed by atoms with Crippen LogP contribution in [0.5, 0.6) is 0 Å². The molecule has 4 aromatic rings. The van der Waals surface area contributed by atoms with Crippen molar-refractivity contribution in [3.05, 3.63) is 82.8 Å². The van der Waals surface area contributed by atoms with E-state index in [1.165, 1.54) is 9.20 Å². The lowest BCUT2D eigenvalue weighted by molar-refractivity contribution is -0.117. The molecular weight excluding hydrogens is 366 g/mol. The van der Waals surface area contributed by atoms with Gasteiger partial charge in [0.2, 0.25) is 5.91 Å². The van der Waals surface area contributed by atoms with Crippen molar-refractivity contribution in [1.29, 1.82) is 0 Å². The first-order valence-electron chi connectivity index (χ1n) is 9.61. The lowest BCUT2D eigenvalue weighted by Crippen LogP contribution is -2.24. The van der Waals surface area contributed by atoms with E-state index >= 15 is 0 Å². The molecule has 0 N–H and O–H groups in total. The van der Waals surface area contributed by atoms with Crippen molar-refractivity contribution in [2.75, 3.05) is 11.4 Å². The second-order valence-electron chi connectivity index (χ2n) is 7.11. The van der Waals surface area contributed by atoms with Crippen molar-refractivity contribution in [3.8, 4) is 11.3 Å². The van der Waals surface area contributed by atoms with Gasteiger partial charge in [-0.1, -0.05) is 42.5 Å². The van der Waals surface area contributed by atoms with Gasteiger partial charge in [0, 0.05) is 24.2 Å². The SMILES string of the molecule is O=C1CCCN1c1ccc(Cn2nc3ccc(-c4ccccc4)nn3c2=O)cc1. The maximum absolute atomic E-state index is 12.8. The monoisotopic (exact) mass is 385 g/mol. The number of benzene rings is 2. The number of nitrogens with zero attached hydrogens (tertiary/aromatic N) is 5. The molecule has 0 aliphatic carbocycles. The van der Waals surface area contributed by atoms with Gasteiger partial charge in [0.25, 0.3) is 0 Å². The van der Waals surface area contributed by atoms with Crippen LogP contribution < -0.4 is 10.6 Å². The van der Waals surface area contributed by atoms with Gasteiger partial charge in [-0.3, -0.25) is 4.79 Å². The van der Waals surface area contributed by atoms with Crippen LogP contribution >= 0.6 is 0 Å². The van der Waals surface area contributed by atoms with E-state index in [-0.39, 0.29) is 11.6 Å². The third kappa shape index (κ3) is 3.20. The minimum absolute atomic E-state index is 0.162. The van der Waals surface area contributed by atoms with E-state index in [1.54, 1.807) is 11.0 Å². The van der Waals surface area contributed by atoms with Crippen molar-refractivity contribution >= 4 is 17.2 Å². The van der Waals surface area contributed by atoms with E-state index in [4.69, 9.17) is 0 Å². The quantitative estimate of drug-likeness (QED) is 0.542. The first kappa shape index (κ1) is 17.4. The van der Waals surface area contributed by atoms with Crippen LogP contribution in [0.25, 0.3) is 16.9 Å². The van der Waals surface area contributed by atoms with E-state index in [2.05, 4.69) is 10.2 Å². The van der Waals surface area contributed by atoms with Gasteiger partial charge in [0.15, 0.2) is 5.65 Å². The largest absolute Gasteiger partial charge is 0.367 e. The lowest BCUT2D eigenvalue weighted by Gasteiger charge is -2.15. The van der Waals surface area contributed by atoms with E-state index in [0.717, 1.165) is 35.5 Å². The molecule has 1 saturated heterocycles. The number of hydrogen-bond acceptors (Lipinski definition) is 4. The average Bonchev–Trinajstić information content (AvgIpc) is 3.32. The third-order valence-electron chi connectivity index (χ3n) is 5.16. The molecule has 29 heavy (non-hydrogen) atoms. The minimum atomic E-state index is -0.281. The standard InChI is InChI=1S/C22H19N5O2/c28-21-7-4-14-25(21)18-10-8-16(9-11-18)15-26-22(29)27-20(24-26)13-12-19(23-27)17-5-2-1-3-6-17/h1-3,5-6,8-13H,4,7,14-15H2. The molecule has 0 unspecified atom stereocenters. The van der Waals surface area contributed by atoms with Crippen molar-refractivity contribution in [2.45, 2.75) is 19.4 Å². The Morgan fingerprint density at radius 3 is 2.38 bits per heavy atom. The number of anilines is 1. The predicted molar refractivity (Wildman–Crippen MR) is 110 cm³/mol. The van der Waals surface area contributed by atoms with Crippen LogP contribution in [0.3, 0.4) is 0 Å². The van der Waals surface area contributed by atoms with Gasteiger partial charge < -0.3 is 4.90 Å². The zero-order valence-corrected chi connectivity index (χ0v) is 15.7. The van der Waals surface area contributed by atoms with Crippen LogP contribution in [0, 0.1) is 0 Å². The van der Waals surface area contributed by atoms with Crippen molar-refractivity contribution in [1.82, 2.24) is 19.4 Å². The van der Waals surface area contributed by atoms with Gasteiger partial charge >= 0.3 is 5.69 Å². The smallest absolute Gasteiger partial charge is 0.312 e. The first-order valence-corrected chi connectivity index (χ1v) is 9.61. The molecule has 0 bridgehead atoms. The summed E-state index contributed by atoms with van der Waals surface area (Å²) >= 11 is 0. The highest BCUT2D eigenvalue weighted by atomic mass is 16.2. The highest BCUT2D eigenvalue weighted by Crippen LogP contribution is 2.22. The van der Waals surface area contributed by atoms with Crippen LogP contribution in [0.4, 0.5) is 5.69 Å². The molecule has 1 amide bonds. The number of fused-ring (bicyclic) bond motifs is 1. The van der Waals surface area contributed by atoms with Crippen LogP contribution in [-0.2, 0) is 11.3 Å². The van der Waals surface area contributed by atoms with Gasteiger partial charge in [-0.2, -0.15) is 9.61 Å². The zero-order chi connectivity index (χ0) is 19.8. The molecule has 0 atom stereocenters. The number of carbonyl (C=O) groups is 1. The molecule has 2 aromatic heterocycles. The summed E-state index contributed by atoms with van der Waals surface area (Å²) in [6.45, 7) is 1.11. The summed E-state index contributed by atoms with van der Waals surface area (Å²) in [5.41, 5.74) is 3.73. The molecule has 5 rings (SSSR count). The summed E-state index contributed by atoms with van der Waals surface area (Å²) in [7, 11) is 0. The zero-order valence-electron chi connectivity index (χ0n) is 15.7. The molecule has 144 valence electrons. The van der Waals surface area contributed by atoms with E-state index in [0.29, 0.717) is 18.6 Å². The number of hydrogen-bond donors (Lipinski definition) is 0. The number of carbonyl (C=O) groups excluding carboxylic acids is 1. The Kier molecular flexibility index (Phi) is 4.20. The van der Waals surface area contributed by atoms with E-state index in [1.807, 2.05) is 60.7 Å². The van der Waals surface area contributed by atoms with Crippen molar-refractivity contribution < 1.29 is 4.79 Å². The van der Waals surface area contributed by atoms with Crippen LogP contribution in [-0.4, -0.2) is 31.8 Å². The molecule has 7 heteroatoms. The molecule has 1 aliphatic rings. The molecule has 0 radical (unpaired) electrons. The van der Waals surface area contributed by atoms with Gasteiger partial charge in [0.1, 0.15) is 0 Å². The number of aromatic nitrogens is 4. The van der Waals surface area contributed by atoms with Crippen LogP contribution in [0.15, 0.2) is 71.5 Å². The second-order valence-corrected chi connectivity index (χ2v) is 7.11. The van der Waals surface area contributed by atoms with Crippen LogP contribution in [0.2, 0.25) is 0 Å². The Bertz CT molecular complexity index is 1240. The first-order chi connectivity index (χ1) is 14.2. The van der Waals surface area contributed by atoms with Crippen molar-refractivity contribution in [3.63, 3.8) is 0 Å². The Labute approximate surface area is 166 Å². The normalized spacial score (nSPS) is 14.1. The molecule has 0 saturated carbocycles. The number of rotatable bonds is 4. The highest BCUT2D eigenvalue weighted by molar-refractivity contribution is 5.95. The topological polar surface area (TPSA) is 72.5 Å². The fourth-order valence-corrected chi connectivity index (χ4v) is 3.65. The summed E-state index contributed by atoms with van der Waals surface area (Å²) in [6.07, 6.45) is 1.51. The van der Waals surface area contributed by atoms with Gasteiger partial charge in [-0.15, -0.1) is 5.10 Å². The molecular formula is C22H19N5O2. The van der Waals surface area contributed by atoms with Crippen LogP contribution in [0.1, 0.15) is 18.4 Å². The molecule has 0 spiro atoms. The van der Waals surface area contributed by atoms with Crippen molar-refractivity contribution in [2.24, 2.45) is 0 Å². The summed E-state index contributed by atoms with van der Waals surface area (Å²) in [5, 5.41) is 8.85. The van der Waals surface area contributed by atoms with E-state index in [9.17, 15) is 9.59 Å². The van der Waals surface area contributed by atoms with Gasteiger partial charge in [0.05, 0.1) is 12.2 Å². The third-order valence-corrected chi connectivity index (χ3v) is 5.16. The van der Waals surface area contributed by atoms with Gasteiger partial charge in [-0.05, 0) is 36.2 Å². The average molecular weight is 385 g/mol. The summed E-state index contributed by atoms with van der Waals surface area (Å²) in [5.74, 6) is 0.162. The Balaban J connectivity index is 1.43. The highest BCUT2D eigenvalue weighted by Gasteiger charge is 2.21. The Morgan fingerprint density at radius 2 is 1.66 bits per heavy atom. The maximum atomic E-state index is 12.8. The van der Waals surface area contributed by atoms with E-state index < -0.39 is 0 Å². The molecule has 7 nitrogen and oxygen atoms in total. The molecule has 1 aliphatic heterocycles. The Morgan fingerprint density at radius 1 is 0.862 bits per heavy atom. The fraction of sp³-hybridized carbons (Fsp3) is 0.182. The summed E-state index contributed by atoms with van der Waals surface area (Å²) < 4.78 is 2.74. The second kappa shape index (κ2) is 7.01. The predicted octanol–water partition coefficient (Wildman–Crippen LogP) is 2.73. The minimum Gasteiger partial charge on any atom is -0.312 e. The Hall–Kier alpha value is -3.74. The fourth-order valence-electron chi connectivity index (χ4n) is 3.65. The maximum Gasteiger partial charge on any atom is 0.367 e. The molecule has 2 aromatic carbocycles.